The summed E-state index contributed by atoms with van der Waals surface area (Å²) in [6.45, 7) is 0.298. The molecule has 2 heteroatoms. The molecule has 1 aliphatic carbocycles. The molecule has 0 amide bonds. The standard InChI is InChI=1S/C7H14O2.CH4/c8-5-6-1-3-7(9)4-2-6;/h6-9H,1-5H2;1H4. The van der Waals surface area contributed by atoms with Crippen molar-refractivity contribution in [3.63, 3.8) is 0 Å². The van der Waals surface area contributed by atoms with E-state index in [1.165, 1.54) is 0 Å². The SMILES string of the molecule is C.OCC1CCC(O)CC1. The van der Waals surface area contributed by atoms with E-state index in [1.54, 1.807) is 0 Å². The number of aliphatic hydroxyl groups is 2. The molecule has 0 spiro atoms. The Labute approximate surface area is 62.9 Å². The predicted octanol–water partition coefficient (Wildman–Crippen LogP) is 1.17. The van der Waals surface area contributed by atoms with Crippen LogP contribution in [0.4, 0.5) is 0 Å². The topological polar surface area (TPSA) is 40.5 Å². The van der Waals surface area contributed by atoms with Crippen LogP contribution in [0.2, 0.25) is 0 Å². The molecule has 0 radical (unpaired) electrons. The van der Waals surface area contributed by atoms with Gasteiger partial charge in [0.15, 0.2) is 0 Å². The van der Waals surface area contributed by atoms with Gasteiger partial charge in [-0.25, -0.2) is 0 Å². The minimum atomic E-state index is -0.0900. The Morgan fingerprint density at radius 1 is 1.10 bits per heavy atom. The quantitative estimate of drug-likeness (QED) is 0.583. The zero-order chi connectivity index (χ0) is 6.69. The van der Waals surface area contributed by atoms with E-state index < -0.39 is 0 Å². The minimum Gasteiger partial charge on any atom is -0.396 e. The Bertz CT molecular complexity index is 75.3. The van der Waals surface area contributed by atoms with E-state index in [1.807, 2.05) is 0 Å². The first-order chi connectivity index (χ1) is 4.33. The van der Waals surface area contributed by atoms with Gasteiger partial charge in [0.2, 0.25) is 0 Å². The van der Waals surface area contributed by atoms with Crippen LogP contribution in [0.1, 0.15) is 33.1 Å². The molecular formula is C8H18O2. The maximum Gasteiger partial charge on any atom is 0.0540 e. The van der Waals surface area contributed by atoms with E-state index >= 15 is 0 Å². The number of hydrogen-bond donors (Lipinski definition) is 2. The Balaban J connectivity index is 0.000000810. The Hall–Kier alpha value is -0.0800. The molecule has 0 aromatic rings. The van der Waals surface area contributed by atoms with Crippen molar-refractivity contribution in [1.29, 1.82) is 0 Å². The van der Waals surface area contributed by atoms with Crippen LogP contribution >= 0.6 is 0 Å². The third-order valence-electron chi connectivity index (χ3n) is 2.07. The fraction of sp³-hybridized carbons (Fsp3) is 1.00. The highest BCUT2D eigenvalue weighted by molar-refractivity contribution is 4.70. The molecule has 0 aromatic carbocycles. The smallest absolute Gasteiger partial charge is 0.0540 e. The van der Waals surface area contributed by atoms with E-state index in [4.69, 9.17) is 10.2 Å². The van der Waals surface area contributed by atoms with Crippen LogP contribution in [-0.2, 0) is 0 Å². The minimum absolute atomic E-state index is 0. The fourth-order valence-corrected chi connectivity index (χ4v) is 1.33. The van der Waals surface area contributed by atoms with Crippen molar-refractivity contribution in [2.75, 3.05) is 6.61 Å². The zero-order valence-electron chi connectivity index (χ0n) is 5.58. The molecule has 2 nitrogen and oxygen atoms in total. The third-order valence-corrected chi connectivity index (χ3v) is 2.07. The summed E-state index contributed by atoms with van der Waals surface area (Å²) in [6, 6.07) is 0. The molecule has 0 unspecified atom stereocenters. The maximum absolute atomic E-state index is 9.04. The Kier molecular flexibility index (Phi) is 4.65. The lowest BCUT2D eigenvalue weighted by Crippen LogP contribution is -2.20. The summed E-state index contributed by atoms with van der Waals surface area (Å²) < 4.78 is 0. The fourth-order valence-electron chi connectivity index (χ4n) is 1.33. The molecule has 0 saturated heterocycles. The monoisotopic (exact) mass is 146 g/mol. The van der Waals surface area contributed by atoms with Gasteiger partial charge in [-0.3, -0.25) is 0 Å². The van der Waals surface area contributed by atoms with Crippen molar-refractivity contribution in [2.45, 2.75) is 39.2 Å². The van der Waals surface area contributed by atoms with Crippen LogP contribution in [0.15, 0.2) is 0 Å². The second-order valence-corrected chi connectivity index (χ2v) is 2.86. The molecule has 62 valence electrons. The van der Waals surface area contributed by atoms with E-state index in [2.05, 4.69) is 0 Å². The van der Waals surface area contributed by atoms with Gasteiger partial charge in [-0.15, -0.1) is 0 Å². The van der Waals surface area contributed by atoms with Crippen molar-refractivity contribution in [3.8, 4) is 0 Å². The van der Waals surface area contributed by atoms with Crippen molar-refractivity contribution in [1.82, 2.24) is 0 Å². The lowest BCUT2D eigenvalue weighted by molar-refractivity contribution is 0.0872. The molecule has 2 N–H and O–H groups in total. The molecule has 1 aliphatic rings. The Morgan fingerprint density at radius 3 is 2.00 bits per heavy atom. The first-order valence-electron chi connectivity index (χ1n) is 3.62. The van der Waals surface area contributed by atoms with Gasteiger partial charge in [0.25, 0.3) is 0 Å². The summed E-state index contributed by atoms with van der Waals surface area (Å²) >= 11 is 0. The van der Waals surface area contributed by atoms with Crippen LogP contribution < -0.4 is 0 Å². The van der Waals surface area contributed by atoms with Gasteiger partial charge in [-0.2, -0.15) is 0 Å². The van der Waals surface area contributed by atoms with Crippen LogP contribution in [0.25, 0.3) is 0 Å². The molecule has 1 rings (SSSR count). The summed E-state index contributed by atoms with van der Waals surface area (Å²) in [6.07, 6.45) is 3.67. The molecule has 1 fully saturated rings. The number of rotatable bonds is 1. The zero-order valence-corrected chi connectivity index (χ0v) is 5.58. The lowest BCUT2D eigenvalue weighted by atomic mass is 9.88. The molecule has 10 heavy (non-hydrogen) atoms. The average molecular weight is 146 g/mol. The van der Waals surface area contributed by atoms with Crippen LogP contribution in [-0.4, -0.2) is 22.9 Å². The summed E-state index contributed by atoms with van der Waals surface area (Å²) in [5, 5.41) is 17.7. The second kappa shape index (κ2) is 4.69. The van der Waals surface area contributed by atoms with Crippen molar-refractivity contribution >= 4 is 0 Å². The number of aliphatic hydroxyl groups excluding tert-OH is 2. The van der Waals surface area contributed by atoms with Gasteiger partial charge in [0, 0.05) is 6.61 Å². The molecule has 0 bridgehead atoms. The Morgan fingerprint density at radius 2 is 1.60 bits per heavy atom. The molecular weight excluding hydrogens is 128 g/mol. The largest absolute Gasteiger partial charge is 0.396 e. The van der Waals surface area contributed by atoms with Crippen LogP contribution in [0.3, 0.4) is 0 Å². The van der Waals surface area contributed by atoms with E-state index in [0.717, 1.165) is 25.7 Å². The van der Waals surface area contributed by atoms with E-state index in [-0.39, 0.29) is 13.5 Å². The normalized spacial score (nSPS) is 33.0. The van der Waals surface area contributed by atoms with Gasteiger partial charge in [-0.1, -0.05) is 7.43 Å². The number of hydrogen-bond acceptors (Lipinski definition) is 2. The van der Waals surface area contributed by atoms with Crippen molar-refractivity contribution in [3.05, 3.63) is 0 Å². The summed E-state index contributed by atoms with van der Waals surface area (Å²) in [5.74, 6) is 0.466. The lowest BCUT2D eigenvalue weighted by Gasteiger charge is -2.23. The molecule has 0 aromatic heterocycles. The third kappa shape index (κ3) is 2.67. The van der Waals surface area contributed by atoms with Crippen molar-refractivity contribution in [2.24, 2.45) is 5.92 Å². The van der Waals surface area contributed by atoms with Crippen LogP contribution in [0.5, 0.6) is 0 Å². The van der Waals surface area contributed by atoms with Crippen LogP contribution in [0, 0.1) is 5.92 Å². The molecule has 0 heterocycles. The van der Waals surface area contributed by atoms with Crippen molar-refractivity contribution < 1.29 is 10.2 Å². The predicted molar refractivity (Wildman–Crippen MR) is 41.8 cm³/mol. The highest BCUT2D eigenvalue weighted by atomic mass is 16.3. The average Bonchev–Trinajstić information content (AvgIpc) is 1.90. The van der Waals surface area contributed by atoms with Gasteiger partial charge in [0.1, 0.15) is 0 Å². The maximum atomic E-state index is 9.04. The first kappa shape index (κ1) is 9.92. The van der Waals surface area contributed by atoms with E-state index in [0.29, 0.717) is 12.5 Å². The van der Waals surface area contributed by atoms with Gasteiger partial charge < -0.3 is 10.2 Å². The van der Waals surface area contributed by atoms with Gasteiger partial charge in [-0.05, 0) is 31.6 Å². The summed E-state index contributed by atoms with van der Waals surface area (Å²) in [7, 11) is 0. The van der Waals surface area contributed by atoms with Gasteiger partial charge >= 0.3 is 0 Å². The van der Waals surface area contributed by atoms with Gasteiger partial charge in [0.05, 0.1) is 6.10 Å². The second-order valence-electron chi connectivity index (χ2n) is 2.86. The summed E-state index contributed by atoms with van der Waals surface area (Å²) in [4.78, 5) is 0. The highest BCUT2D eigenvalue weighted by Crippen LogP contribution is 2.22. The molecule has 0 atom stereocenters. The molecule has 1 saturated carbocycles. The first-order valence-corrected chi connectivity index (χ1v) is 3.62. The van der Waals surface area contributed by atoms with E-state index in [9.17, 15) is 0 Å². The highest BCUT2D eigenvalue weighted by Gasteiger charge is 2.17. The molecule has 0 aliphatic heterocycles. The summed E-state index contributed by atoms with van der Waals surface area (Å²) in [5.41, 5.74) is 0.